The van der Waals surface area contributed by atoms with Gasteiger partial charge in [-0.2, -0.15) is 0 Å². The van der Waals surface area contributed by atoms with Gasteiger partial charge in [-0.15, -0.1) is 0 Å². The van der Waals surface area contributed by atoms with Crippen LogP contribution in [0.15, 0.2) is 0 Å². The molecule has 1 fully saturated rings. The highest BCUT2D eigenvalue weighted by molar-refractivity contribution is 5.89. The molecule has 0 aromatic rings. The van der Waals surface area contributed by atoms with Gasteiger partial charge >= 0.3 is 0 Å². The van der Waals surface area contributed by atoms with Crippen molar-refractivity contribution in [3.8, 4) is 0 Å². The quantitative estimate of drug-likeness (QED) is 0.647. The number of rotatable bonds is 6. The molecule has 1 unspecified atom stereocenters. The van der Waals surface area contributed by atoms with Gasteiger partial charge in [-0.3, -0.25) is 9.59 Å². The molecule has 1 rings (SSSR count). The van der Waals surface area contributed by atoms with Crippen LogP contribution in [-0.2, 0) is 9.59 Å². The zero-order valence-corrected chi connectivity index (χ0v) is 11.4. The summed E-state index contributed by atoms with van der Waals surface area (Å²) < 4.78 is 0. The molecular weight excluding hydrogens is 230 g/mol. The number of primary amides is 1. The van der Waals surface area contributed by atoms with Crippen molar-refractivity contribution in [2.75, 3.05) is 13.1 Å². The van der Waals surface area contributed by atoms with Crippen LogP contribution in [0.4, 0.5) is 0 Å². The van der Waals surface area contributed by atoms with Crippen molar-refractivity contribution in [1.82, 2.24) is 10.6 Å². The Hall–Kier alpha value is -1.10. The molecule has 5 nitrogen and oxygen atoms in total. The summed E-state index contributed by atoms with van der Waals surface area (Å²) in [5, 5.41) is 6.06. The maximum atomic E-state index is 11.8. The van der Waals surface area contributed by atoms with E-state index in [1.807, 2.05) is 6.92 Å². The van der Waals surface area contributed by atoms with E-state index < -0.39 is 11.4 Å². The second-order valence-corrected chi connectivity index (χ2v) is 5.33. The Kier molecular flexibility index (Phi) is 5.59. The summed E-state index contributed by atoms with van der Waals surface area (Å²) in [4.78, 5) is 23.1. The molecule has 1 heterocycles. The molecule has 1 aliphatic heterocycles. The molecule has 1 aliphatic rings. The van der Waals surface area contributed by atoms with Crippen molar-refractivity contribution in [1.29, 1.82) is 0 Å². The number of nitrogens with two attached hydrogens (primary N) is 1. The Morgan fingerprint density at radius 3 is 2.50 bits per heavy atom. The third kappa shape index (κ3) is 4.29. The number of piperidine rings is 1. The fourth-order valence-electron chi connectivity index (χ4n) is 2.20. The topological polar surface area (TPSA) is 84.2 Å². The minimum atomic E-state index is -0.912. The SMILES string of the molecule is CCC(C)(NC(=O)CCC1CCNCC1)C(N)=O. The standard InChI is InChI=1S/C13H25N3O2/c1-3-13(2,12(14)18)16-11(17)5-4-10-6-8-15-9-7-10/h10,15H,3-9H2,1-2H3,(H2,14,18)(H,16,17). The van der Waals surface area contributed by atoms with Crippen molar-refractivity contribution >= 4 is 11.8 Å². The average Bonchev–Trinajstić information content (AvgIpc) is 2.37. The first-order valence-electron chi connectivity index (χ1n) is 6.79. The normalized spacial score (nSPS) is 20.1. The Balaban J connectivity index is 2.34. The molecular formula is C13H25N3O2. The molecule has 104 valence electrons. The van der Waals surface area contributed by atoms with Gasteiger partial charge in [0.25, 0.3) is 0 Å². The maximum absolute atomic E-state index is 11.8. The summed E-state index contributed by atoms with van der Waals surface area (Å²) >= 11 is 0. The Morgan fingerprint density at radius 2 is 2.00 bits per heavy atom. The Morgan fingerprint density at radius 1 is 1.39 bits per heavy atom. The lowest BCUT2D eigenvalue weighted by molar-refractivity contribution is -0.131. The van der Waals surface area contributed by atoms with Gasteiger partial charge in [0.1, 0.15) is 5.54 Å². The van der Waals surface area contributed by atoms with E-state index in [0.29, 0.717) is 18.8 Å². The lowest BCUT2D eigenvalue weighted by Gasteiger charge is -2.27. The molecule has 0 aromatic carbocycles. The fraction of sp³-hybridized carbons (Fsp3) is 0.846. The van der Waals surface area contributed by atoms with E-state index in [2.05, 4.69) is 10.6 Å². The van der Waals surface area contributed by atoms with Crippen LogP contribution in [0.1, 0.15) is 46.0 Å². The number of carbonyl (C=O) groups is 2. The van der Waals surface area contributed by atoms with Gasteiger partial charge in [-0.25, -0.2) is 0 Å². The molecule has 0 bridgehead atoms. The number of amides is 2. The monoisotopic (exact) mass is 255 g/mol. The lowest BCUT2D eigenvalue weighted by Crippen LogP contribution is -2.54. The molecule has 1 atom stereocenters. The van der Waals surface area contributed by atoms with E-state index >= 15 is 0 Å². The average molecular weight is 255 g/mol. The first-order valence-corrected chi connectivity index (χ1v) is 6.79. The van der Waals surface area contributed by atoms with E-state index in [4.69, 9.17) is 5.73 Å². The molecule has 18 heavy (non-hydrogen) atoms. The number of carbonyl (C=O) groups excluding carboxylic acids is 2. The molecule has 0 radical (unpaired) electrons. The second-order valence-electron chi connectivity index (χ2n) is 5.33. The highest BCUT2D eigenvalue weighted by atomic mass is 16.2. The second kappa shape index (κ2) is 6.73. The minimum absolute atomic E-state index is 0.0725. The van der Waals surface area contributed by atoms with E-state index in [1.54, 1.807) is 6.92 Å². The van der Waals surface area contributed by atoms with Crippen molar-refractivity contribution in [3.05, 3.63) is 0 Å². The third-order valence-electron chi connectivity index (χ3n) is 3.90. The maximum Gasteiger partial charge on any atom is 0.242 e. The molecule has 4 N–H and O–H groups in total. The molecule has 0 spiro atoms. The molecule has 0 aliphatic carbocycles. The number of nitrogens with one attached hydrogen (secondary N) is 2. The largest absolute Gasteiger partial charge is 0.368 e. The van der Waals surface area contributed by atoms with E-state index in [0.717, 1.165) is 32.4 Å². The van der Waals surface area contributed by atoms with Crippen LogP contribution < -0.4 is 16.4 Å². The first-order chi connectivity index (χ1) is 8.48. The fourth-order valence-corrected chi connectivity index (χ4v) is 2.20. The first kappa shape index (κ1) is 15.0. The van der Waals surface area contributed by atoms with Crippen molar-refractivity contribution in [2.24, 2.45) is 11.7 Å². The summed E-state index contributed by atoms with van der Waals surface area (Å²) in [7, 11) is 0. The van der Waals surface area contributed by atoms with Gasteiger partial charge in [0, 0.05) is 6.42 Å². The Bertz CT molecular complexity index is 301. The lowest BCUT2D eigenvalue weighted by atomic mass is 9.92. The van der Waals surface area contributed by atoms with Crippen LogP contribution in [0.2, 0.25) is 0 Å². The van der Waals surface area contributed by atoms with Crippen LogP contribution in [0.25, 0.3) is 0 Å². The summed E-state index contributed by atoms with van der Waals surface area (Å²) in [5.41, 5.74) is 4.40. The Labute approximate surface area is 109 Å². The van der Waals surface area contributed by atoms with Gasteiger partial charge in [0.05, 0.1) is 0 Å². The van der Waals surface area contributed by atoms with Gasteiger partial charge < -0.3 is 16.4 Å². The van der Waals surface area contributed by atoms with Crippen LogP contribution in [0.3, 0.4) is 0 Å². The molecule has 0 saturated carbocycles. The highest BCUT2D eigenvalue weighted by Gasteiger charge is 2.30. The zero-order chi connectivity index (χ0) is 13.6. The molecule has 5 heteroatoms. The third-order valence-corrected chi connectivity index (χ3v) is 3.90. The van der Waals surface area contributed by atoms with Gasteiger partial charge in [0.15, 0.2) is 0 Å². The summed E-state index contributed by atoms with van der Waals surface area (Å²) in [6.45, 7) is 5.61. The summed E-state index contributed by atoms with van der Waals surface area (Å²) in [6.07, 6.45) is 4.16. The van der Waals surface area contributed by atoms with Crippen molar-refractivity contribution in [2.45, 2.75) is 51.5 Å². The smallest absolute Gasteiger partial charge is 0.242 e. The van der Waals surface area contributed by atoms with Crippen LogP contribution in [0.5, 0.6) is 0 Å². The predicted octanol–water partition coefficient (Wildman–Crippen LogP) is 0.536. The van der Waals surface area contributed by atoms with Gasteiger partial charge in [0.2, 0.25) is 11.8 Å². The van der Waals surface area contributed by atoms with E-state index in [9.17, 15) is 9.59 Å². The van der Waals surface area contributed by atoms with E-state index in [1.165, 1.54) is 0 Å². The zero-order valence-electron chi connectivity index (χ0n) is 11.4. The number of hydrogen-bond donors (Lipinski definition) is 3. The van der Waals surface area contributed by atoms with Crippen molar-refractivity contribution < 1.29 is 9.59 Å². The molecule has 1 saturated heterocycles. The van der Waals surface area contributed by atoms with Crippen molar-refractivity contribution in [3.63, 3.8) is 0 Å². The van der Waals surface area contributed by atoms with Gasteiger partial charge in [-0.05, 0) is 51.6 Å². The summed E-state index contributed by atoms with van der Waals surface area (Å²) in [6, 6.07) is 0. The van der Waals surface area contributed by atoms with Gasteiger partial charge in [-0.1, -0.05) is 6.92 Å². The van der Waals surface area contributed by atoms with Crippen LogP contribution in [-0.4, -0.2) is 30.4 Å². The number of hydrogen-bond acceptors (Lipinski definition) is 3. The predicted molar refractivity (Wildman–Crippen MR) is 70.9 cm³/mol. The minimum Gasteiger partial charge on any atom is -0.368 e. The van der Waals surface area contributed by atoms with Crippen LogP contribution in [0, 0.1) is 5.92 Å². The highest BCUT2D eigenvalue weighted by Crippen LogP contribution is 2.18. The van der Waals surface area contributed by atoms with Crippen LogP contribution >= 0.6 is 0 Å². The molecule has 0 aromatic heterocycles. The van der Waals surface area contributed by atoms with E-state index in [-0.39, 0.29) is 5.91 Å². The summed E-state index contributed by atoms with van der Waals surface area (Å²) in [5.74, 6) is 0.0790. The molecule has 2 amide bonds.